The van der Waals surface area contributed by atoms with Gasteiger partial charge in [-0.1, -0.05) is 13.3 Å². The van der Waals surface area contributed by atoms with E-state index in [1.165, 1.54) is 37.8 Å². The molecule has 3 heteroatoms. The van der Waals surface area contributed by atoms with Crippen molar-refractivity contribution >= 4 is 0 Å². The Morgan fingerprint density at radius 3 is 2.76 bits per heavy atom. The fourth-order valence-corrected chi connectivity index (χ4v) is 3.13. The molecule has 21 heavy (non-hydrogen) atoms. The van der Waals surface area contributed by atoms with Crippen molar-refractivity contribution in [3.8, 4) is 0 Å². The van der Waals surface area contributed by atoms with Crippen molar-refractivity contribution < 1.29 is 4.42 Å². The van der Waals surface area contributed by atoms with Crippen LogP contribution in [0.2, 0.25) is 0 Å². The van der Waals surface area contributed by atoms with E-state index in [2.05, 4.69) is 50.9 Å². The summed E-state index contributed by atoms with van der Waals surface area (Å²) in [6.07, 6.45) is 5.30. The molecule has 1 N–H and O–H groups in total. The lowest BCUT2D eigenvalue weighted by atomic mass is 10.00. The van der Waals surface area contributed by atoms with Crippen molar-refractivity contribution in [2.75, 3.05) is 6.54 Å². The maximum atomic E-state index is 5.99. The topological polar surface area (TPSA) is 28.4 Å². The summed E-state index contributed by atoms with van der Waals surface area (Å²) in [5.41, 5.74) is 1.44. The summed E-state index contributed by atoms with van der Waals surface area (Å²) in [7, 11) is 0. The molecule has 0 aliphatic carbocycles. The Kier molecular flexibility index (Phi) is 5.50. The molecule has 2 rings (SSSR count). The van der Waals surface area contributed by atoms with Crippen LogP contribution in [0.15, 0.2) is 10.5 Å². The highest BCUT2D eigenvalue weighted by molar-refractivity contribution is 5.21. The highest BCUT2D eigenvalue weighted by atomic mass is 16.3. The fourth-order valence-electron chi connectivity index (χ4n) is 3.13. The molecule has 1 atom stereocenters. The summed E-state index contributed by atoms with van der Waals surface area (Å²) >= 11 is 0. The van der Waals surface area contributed by atoms with Crippen LogP contribution in [0.25, 0.3) is 0 Å². The first-order valence-electron chi connectivity index (χ1n) is 8.46. The van der Waals surface area contributed by atoms with Crippen LogP contribution in [-0.4, -0.2) is 23.0 Å². The first-order chi connectivity index (χ1) is 9.89. The van der Waals surface area contributed by atoms with Crippen molar-refractivity contribution in [1.29, 1.82) is 0 Å². The van der Waals surface area contributed by atoms with Crippen molar-refractivity contribution in [2.24, 2.45) is 0 Å². The minimum Gasteiger partial charge on any atom is -0.465 e. The summed E-state index contributed by atoms with van der Waals surface area (Å²) < 4.78 is 5.99. The number of nitrogens with one attached hydrogen (secondary N) is 1. The third-order valence-electron chi connectivity index (χ3n) is 4.46. The van der Waals surface area contributed by atoms with E-state index in [1.807, 2.05) is 0 Å². The van der Waals surface area contributed by atoms with Crippen molar-refractivity contribution in [1.82, 2.24) is 10.2 Å². The highest BCUT2D eigenvalue weighted by Crippen LogP contribution is 2.24. The van der Waals surface area contributed by atoms with Crippen molar-refractivity contribution in [3.63, 3.8) is 0 Å². The van der Waals surface area contributed by atoms with Crippen molar-refractivity contribution in [3.05, 3.63) is 23.2 Å². The molecule has 0 radical (unpaired) electrons. The third-order valence-corrected chi connectivity index (χ3v) is 4.46. The third kappa shape index (κ3) is 4.86. The van der Waals surface area contributed by atoms with Gasteiger partial charge >= 0.3 is 0 Å². The van der Waals surface area contributed by atoms with Crippen LogP contribution < -0.4 is 5.32 Å². The van der Waals surface area contributed by atoms with E-state index >= 15 is 0 Å². The lowest BCUT2D eigenvalue weighted by Crippen LogP contribution is -2.38. The molecule has 1 unspecified atom stereocenters. The van der Waals surface area contributed by atoms with Gasteiger partial charge in [0.05, 0.1) is 6.54 Å². The molecule has 0 spiro atoms. The monoisotopic (exact) mass is 292 g/mol. The average molecular weight is 292 g/mol. The first-order valence-corrected chi connectivity index (χ1v) is 8.46. The van der Waals surface area contributed by atoms with Crippen LogP contribution in [0.4, 0.5) is 0 Å². The van der Waals surface area contributed by atoms with Crippen LogP contribution in [0, 0.1) is 6.92 Å². The van der Waals surface area contributed by atoms with Gasteiger partial charge in [0.1, 0.15) is 11.5 Å². The molecule has 0 aromatic carbocycles. The van der Waals surface area contributed by atoms with E-state index in [4.69, 9.17) is 4.42 Å². The predicted molar refractivity (Wildman–Crippen MR) is 88.4 cm³/mol. The second-order valence-electron chi connectivity index (χ2n) is 7.43. The molecular weight excluding hydrogens is 260 g/mol. The van der Waals surface area contributed by atoms with Gasteiger partial charge in [0.25, 0.3) is 0 Å². The van der Waals surface area contributed by atoms with Gasteiger partial charge in [0.15, 0.2) is 0 Å². The summed E-state index contributed by atoms with van der Waals surface area (Å²) in [6.45, 7) is 14.0. The molecule has 0 bridgehead atoms. The molecule has 120 valence electrons. The lowest BCUT2D eigenvalue weighted by Gasteiger charge is -2.34. The van der Waals surface area contributed by atoms with Gasteiger partial charge in [0, 0.05) is 23.7 Å². The van der Waals surface area contributed by atoms with E-state index < -0.39 is 0 Å². The molecular formula is C18H32N2O. The Balaban J connectivity index is 1.97. The smallest absolute Gasteiger partial charge is 0.118 e. The van der Waals surface area contributed by atoms with Gasteiger partial charge in [-0.2, -0.15) is 0 Å². The summed E-state index contributed by atoms with van der Waals surface area (Å²) in [5, 5.41) is 3.54. The molecule has 1 aromatic rings. The van der Waals surface area contributed by atoms with Crippen LogP contribution >= 0.6 is 0 Å². The van der Waals surface area contributed by atoms with E-state index in [9.17, 15) is 0 Å². The number of piperidine rings is 1. The van der Waals surface area contributed by atoms with Gasteiger partial charge in [-0.3, -0.25) is 4.90 Å². The molecule has 0 saturated carbocycles. The largest absolute Gasteiger partial charge is 0.465 e. The van der Waals surface area contributed by atoms with Crippen LogP contribution in [0.5, 0.6) is 0 Å². The number of furan rings is 1. The first kappa shape index (κ1) is 16.6. The number of aryl methyl sites for hydroxylation is 1. The molecule has 2 heterocycles. The van der Waals surface area contributed by atoms with E-state index in [-0.39, 0.29) is 5.54 Å². The zero-order valence-corrected chi connectivity index (χ0v) is 14.5. The highest BCUT2D eigenvalue weighted by Gasteiger charge is 2.22. The van der Waals surface area contributed by atoms with Crippen LogP contribution in [0.1, 0.15) is 70.5 Å². The number of likely N-dealkylation sites (tertiary alicyclic amines) is 1. The second kappa shape index (κ2) is 6.97. The lowest BCUT2D eigenvalue weighted by molar-refractivity contribution is 0.126. The Bertz CT molecular complexity index is 445. The molecule has 1 aliphatic rings. The summed E-state index contributed by atoms with van der Waals surface area (Å²) in [5.74, 6) is 2.19. The van der Waals surface area contributed by atoms with Gasteiger partial charge in [-0.05, 0) is 59.6 Å². The Labute approximate surface area is 130 Å². The van der Waals surface area contributed by atoms with Crippen LogP contribution in [-0.2, 0) is 13.1 Å². The number of rotatable bonds is 5. The summed E-state index contributed by atoms with van der Waals surface area (Å²) in [4.78, 5) is 2.60. The van der Waals surface area contributed by atoms with Gasteiger partial charge in [-0.15, -0.1) is 0 Å². The van der Waals surface area contributed by atoms with Crippen LogP contribution in [0.3, 0.4) is 0 Å². The second-order valence-corrected chi connectivity index (χ2v) is 7.43. The minimum absolute atomic E-state index is 0.143. The van der Waals surface area contributed by atoms with E-state index in [0.29, 0.717) is 0 Å². The molecule has 1 fully saturated rings. The standard InChI is InChI=1S/C18H32N2O/c1-6-16-9-7-8-10-20(16)13-17-11-15(14(2)21-17)12-19-18(3,4)5/h11,16,19H,6-10,12-13H2,1-5H3. The predicted octanol–water partition coefficient (Wildman–Crippen LogP) is 4.24. The zero-order valence-electron chi connectivity index (χ0n) is 14.5. The normalized spacial score (nSPS) is 20.9. The van der Waals surface area contributed by atoms with Gasteiger partial charge in [-0.25, -0.2) is 0 Å². The Morgan fingerprint density at radius 2 is 2.10 bits per heavy atom. The molecule has 1 saturated heterocycles. The Morgan fingerprint density at radius 1 is 1.33 bits per heavy atom. The summed E-state index contributed by atoms with van der Waals surface area (Å²) in [6, 6.07) is 2.98. The fraction of sp³-hybridized carbons (Fsp3) is 0.778. The minimum atomic E-state index is 0.143. The molecule has 3 nitrogen and oxygen atoms in total. The number of nitrogens with zero attached hydrogens (tertiary/aromatic N) is 1. The van der Waals surface area contributed by atoms with Gasteiger partial charge in [0.2, 0.25) is 0 Å². The number of hydrogen-bond acceptors (Lipinski definition) is 3. The van der Waals surface area contributed by atoms with Crippen molar-refractivity contribution in [2.45, 2.75) is 85.0 Å². The SMILES string of the molecule is CCC1CCCCN1Cc1cc(CNC(C)(C)C)c(C)o1. The molecule has 1 aromatic heterocycles. The quantitative estimate of drug-likeness (QED) is 0.880. The maximum absolute atomic E-state index is 5.99. The van der Waals surface area contributed by atoms with Gasteiger partial charge < -0.3 is 9.73 Å². The van der Waals surface area contributed by atoms with E-state index in [1.54, 1.807) is 0 Å². The van der Waals surface area contributed by atoms with E-state index in [0.717, 1.165) is 30.7 Å². The Hall–Kier alpha value is -0.800. The molecule has 1 aliphatic heterocycles. The average Bonchev–Trinajstić information content (AvgIpc) is 2.76. The molecule has 0 amide bonds. The number of hydrogen-bond donors (Lipinski definition) is 1. The zero-order chi connectivity index (χ0) is 15.5. The maximum Gasteiger partial charge on any atom is 0.118 e.